The van der Waals surface area contributed by atoms with E-state index >= 15 is 0 Å². The molecule has 1 aromatic carbocycles. The van der Waals surface area contributed by atoms with E-state index in [0.29, 0.717) is 5.25 Å². The van der Waals surface area contributed by atoms with Crippen LogP contribution >= 0.6 is 11.8 Å². The monoisotopic (exact) mass is 347 g/mol. The second-order valence-electron chi connectivity index (χ2n) is 6.93. The van der Waals surface area contributed by atoms with E-state index < -0.39 is 0 Å². The third-order valence-corrected chi connectivity index (χ3v) is 6.43. The molecule has 0 aromatic heterocycles. The van der Waals surface area contributed by atoms with E-state index in [1.165, 1.54) is 5.56 Å². The summed E-state index contributed by atoms with van der Waals surface area (Å²) in [6, 6.07) is 8.26. The summed E-state index contributed by atoms with van der Waals surface area (Å²) in [4.78, 5) is 19.7. The lowest BCUT2D eigenvalue weighted by Crippen LogP contribution is -2.44. The molecule has 1 amide bonds. The molecule has 4 nitrogen and oxygen atoms in total. The molecule has 2 fully saturated rings. The molecule has 0 spiro atoms. The first-order chi connectivity index (χ1) is 11.7. The molecule has 2 aliphatic rings. The van der Waals surface area contributed by atoms with E-state index in [4.69, 9.17) is 0 Å². The van der Waals surface area contributed by atoms with Gasteiger partial charge in [-0.1, -0.05) is 19.1 Å². The first-order valence-corrected chi connectivity index (χ1v) is 10.1. The summed E-state index contributed by atoms with van der Waals surface area (Å²) < 4.78 is 0. The number of nitrogens with zero attached hydrogens (tertiary/aromatic N) is 3. The Labute approximate surface area is 150 Å². The first kappa shape index (κ1) is 17.8. The maximum absolute atomic E-state index is 12.8. The summed E-state index contributed by atoms with van der Waals surface area (Å²) in [5.74, 6) is 1.26. The van der Waals surface area contributed by atoms with Gasteiger partial charge in [-0.3, -0.25) is 9.69 Å². The summed E-state index contributed by atoms with van der Waals surface area (Å²) >= 11 is 2.00. The Morgan fingerprint density at radius 1 is 1.21 bits per heavy atom. The number of rotatable bonds is 4. The number of hydrogen-bond donors (Lipinski definition) is 0. The van der Waals surface area contributed by atoms with Gasteiger partial charge >= 0.3 is 0 Å². The summed E-state index contributed by atoms with van der Waals surface area (Å²) in [7, 11) is 2.18. The lowest BCUT2D eigenvalue weighted by molar-refractivity contribution is 0.0760. The zero-order chi connectivity index (χ0) is 16.9. The molecule has 0 radical (unpaired) electrons. The molecule has 24 heavy (non-hydrogen) atoms. The van der Waals surface area contributed by atoms with Crippen LogP contribution in [0.2, 0.25) is 0 Å². The van der Waals surface area contributed by atoms with Crippen LogP contribution in [0.25, 0.3) is 0 Å². The van der Waals surface area contributed by atoms with Crippen molar-refractivity contribution in [3.05, 3.63) is 35.4 Å². The minimum atomic E-state index is 0.203. The summed E-state index contributed by atoms with van der Waals surface area (Å²) in [6.07, 6.45) is 1.14. The molecular weight excluding hydrogens is 318 g/mol. The van der Waals surface area contributed by atoms with Crippen LogP contribution in [0.15, 0.2) is 24.3 Å². The van der Waals surface area contributed by atoms with Gasteiger partial charge in [0.2, 0.25) is 0 Å². The second-order valence-corrected chi connectivity index (χ2v) is 8.34. The number of carbonyl (C=O) groups is 1. The van der Waals surface area contributed by atoms with Gasteiger partial charge < -0.3 is 9.80 Å². The Morgan fingerprint density at radius 3 is 2.75 bits per heavy atom. The quantitative estimate of drug-likeness (QED) is 0.836. The highest BCUT2D eigenvalue weighted by atomic mass is 32.2. The molecule has 3 rings (SSSR count). The maximum Gasteiger partial charge on any atom is 0.253 e. The van der Waals surface area contributed by atoms with Crippen molar-refractivity contribution in [2.24, 2.45) is 0 Å². The predicted molar refractivity (Wildman–Crippen MR) is 102 cm³/mol. The summed E-state index contributed by atoms with van der Waals surface area (Å²) in [5, 5.41) is 0.594. The fourth-order valence-corrected chi connectivity index (χ4v) is 4.58. The highest BCUT2D eigenvalue weighted by molar-refractivity contribution is 8.00. The minimum Gasteiger partial charge on any atom is -0.337 e. The summed E-state index contributed by atoms with van der Waals surface area (Å²) in [6.45, 7) is 9.40. The highest BCUT2D eigenvalue weighted by Gasteiger charge is 2.24. The molecule has 2 aliphatic heterocycles. The number of thioether (sulfide) groups is 1. The van der Waals surface area contributed by atoms with E-state index in [0.717, 1.165) is 63.6 Å². The molecule has 0 unspecified atom stereocenters. The first-order valence-electron chi connectivity index (χ1n) is 9.06. The molecule has 132 valence electrons. The van der Waals surface area contributed by atoms with Gasteiger partial charge in [0.15, 0.2) is 0 Å². The average molecular weight is 348 g/mol. The average Bonchev–Trinajstić information content (AvgIpc) is 2.63. The van der Waals surface area contributed by atoms with Gasteiger partial charge in [0.1, 0.15) is 0 Å². The number of piperazine rings is 1. The van der Waals surface area contributed by atoms with Crippen molar-refractivity contribution in [1.29, 1.82) is 0 Å². The normalized spacial score (nSPS) is 23.4. The third kappa shape index (κ3) is 4.52. The van der Waals surface area contributed by atoms with Gasteiger partial charge in [0.05, 0.1) is 0 Å². The Kier molecular flexibility index (Phi) is 6.19. The lowest BCUT2D eigenvalue weighted by atomic mass is 10.1. The topological polar surface area (TPSA) is 26.8 Å². The minimum absolute atomic E-state index is 0.203. The standard InChI is InChI=1S/C19H29N3OS/c1-3-18-15-22(11-12-24-18)19(23)17-6-4-5-16(13-17)14-21-9-7-20(2)8-10-21/h4-6,13,18H,3,7-12,14-15H2,1-2H3/t18-/m1/s1. The highest BCUT2D eigenvalue weighted by Crippen LogP contribution is 2.22. The Balaban J connectivity index is 1.63. The van der Waals surface area contributed by atoms with Gasteiger partial charge in [0, 0.05) is 62.4 Å². The van der Waals surface area contributed by atoms with Crippen LogP contribution in [-0.4, -0.2) is 77.9 Å². The van der Waals surface area contributed by atoms with E-state index in [9.17, 15) is 4.79 Å². The van der Waals surface area contributed by atoms with Crippen LogP contribution in [0, 0.1) is 0 Å². The van der Waals surface area contributed by atoms with Crippen molar-refractivity contribution >= 4 is 17.7 Å². The van der Waals surface area contributed by atoms with Crippen molar-refractivity contribution in [2.75, 3.05) is 52.1 Å². The van der Waals surface area contributed by atoms with Gasteiger partial charge in [-0.25, -0.2) is 0 Å². The molecule has 2 saturated heterocycles. The molecule has 5 heteroatoms. The molecule has 0 bridgehead atoms. The predicted octanol–water partition coefficient (Wildman–Crippen LogP) is 2.40. The SMILES string of the molecule is CC[C@@H]1CN(C(=O)c2cccc(CN3CCN(C)CC3)c2)CCS1. The van der Waals surface area contributed by atoms with E-state index in [2.05, 4.69) is 35.9 Å². The second kappa shape index (κ2) is 8.37. The van der Waals surface area contributed by atoms with Crippen LogP contribution in [0.4, 0.5) is 0 Å². The zero-order valence-corrected chi connectivity index (χ0v) is 15.7. The van der Waals surface area contributed by atoms with Gasteiger partial charge in [-0.15, -0.1) is 0 Å². The molecule has 1 atom stereocenters. The van der Waals surface area contributed by atoms with Gasteiger partial charge in [0.25, 0.3) is 5.91 Å². The number of amides is 1. The van der Waals surface area contributed by atoms with Crippen molar-refractivity contribution in [3.63, 3.8) is 0 Å². The maximum atomic E-state index is 12.8. The van der Waals surface area contributed by atoms with Crippen LogP contribution in [-0.2, 0) is 6.54 Å². The van der Waals surface area contributed by atoms with Crippen LogP contribution in [0.3, 0.4) is 0 Å². The molecule has 0 saturated carbocycles. The fraction of sp³-hybridized carbons (Fsp3) is 0.632. The molecular formula is C19H29N3OS. The molecule has 1 aromatic rings. The van der Waals surface area contributed by atoms with E-state index in [-0.39, 0.29) is 5.91 Å². The Bertz CT molecular complexity index is 557. The van der Waals surface area contributed by atoms with Crippen molar-refractivity contribution in [3.8, 4) is 0 Å². The number of carbonyl (C=O) groups excluding carboxylic acids is 1. The summed E-state index contributed by atoms with van der Waals surface area (Å²) in [5.41, 5.74) is 2.10. The van der Waals surface area contributed by atoms with E-state index in [1.54, 1.807) is 0 Å². The van der Waals surface area contributed by atoms with E-state index in [1.807, 2.05) is 28.8 Å². The van der Waals surface area contributed by atoms with Crippen LogP contribution < -0.4 is 0 Å². The van der Waals surface area contributed by atoms with Crippen molar-refractivity contribution in [2.45, 2.75) is 25.1 Å². The number of benzene rings is 1. The molecule has 0 aliphatic carbocycles. The molecule has 2 heterocycles. The van der Waals surface area contributed by atoms with Gasteiger partial charge in [-0.2, -0.15) is 11.8 Å². The van der Waals surface area contributed by atoms with Crippen LogP contribution in [0.5, 0.6) is 0 Å². The third-order valence-electron chi connectivity index (χ3n) is 5.06. The fourth-order valence-electron chi connectivity index (χ4n) is 3.40. The van der Waals surface area contributed by atoms with Crippen molar-refractivity contribution in [1.82, 2.24) is 14.7 Å². The zero-order valence-electron chi connectivity index (χ0n) is 14.9. The smallest absolute Gasteiger partial charge is 0.253 e. The van der Waals surface area contributed by atoms with Crippen molar-refractivity contribution < 1.29 is 4.79 Å². The van der Waals surface area contributed by atoms with Crippen LogP contribution in [0.1, 0.15) is 29.3 Å². The lowest BCUT2D eigenvalue weighted by Gasteiger charge is -2.33. The molecule has 0 N–H and O–H groups in total. The Morgan fingerprint density at radius 2 is 2.00 bits per heavy atom. The number of likely N-dealkylation sites (N-methyl/N-ethyl adjacent to an activating group) is 1. The van der Waals surface area contributed by atoms with Gasteiger partial charge in [-0.05, 0) is 31.2 Å². The number of hydrogen-bond acceptors (Lipinski definition) is 4. The largest absolute Gasteiger partial charge is 0.337 e. The Hall–Kier alpha value is -1.04.